The molecule has 0 aliphatic carbocycles. The Labute approximate surface area is 99.2 Å². The molecule has 1 aliphatic rings. The molecule has 1 unspecified atom stereocenters. The molecule has 1 fully saturated rings. The maximum atomic E-state index is 11.9. The first-order valence-electron chi connectivity index (χ1n) is 5.40. The molecule has 17 heavy (non-hydrogen) atoms. The van der Waals surface area contributed by atoms with Gasteiger partial charge in [-0.1, -0.05) is 18.2 Å². The van der Waals surface area contributed by atoms with Crippen LogP contribution >= 0.6 is 0 Å². The zero-order chi connectivity index (χ0) is 12.3. The standard InChI is InChI=1S/C12H14N2O3/c1-8-4-2-3-5-9(8)14-12(16)10-6-17-7-11(15)13-10/h2-5,10H,6-7H2,1H3,(H,13,15)(H,14,16). The van der Waals surface area contributed by atoms with Crippen LogP contribution in [-0.2, 0) is 14.3 Å². The molecule has 2 rings (SSSR count). The van der Waals surface area contributed by atoms with Gasteiger partial charge in [-0.2, -0.15) is 0 Å². The number of aryl methyl sites for hydroxylation is 1. The summed E-state index contributed by atoms with van der Waals surface area (Å²) in [6, 6.07) is 6.86. The van der Waals surface area contributed by atoms with Gasteiger partial charge in [-0.3, -0.25) is 9.59 Å². The van der Waals surface area contributed by atoms with Crippen molar-refractivity contribution in [2.45, 2.75) is 13.0 Å². The first-order valence-corrected chi connectivity index (χ1v) is 5.40. The SMILES string of the molecule is Cc1ccccc1NC(=O)C1COCC(=O)N1. The first kappa shape index (κ1) is 11.6. The summed E-state index contributed by atoms with van der Waals surface area (Å²) in [6.07, 6.45) is 0. The van der Waals surface area contributed by atoms with Crippen molar-refractivity contribution in [2.24, 2.45) is 0 Å². The van der Waals surface area contributed by atoms with Crippen LogP contribution in [0.15, 0.2) is 24.3 Å². The smallest absolute Gasteiger partial charge is 0.249 e. The molecule has 1 saturated heterocycles. The number of hydrogen-bond acceptors (Lipinski definition) is 3. The monoisotopic (exact) mass is 234 g/mol. The predicted octanol–water partition coefficient (Wildman–Crippen LogP) is 0.449. The Morgan fingerprint density at radius 3 is 2.94 bits per heavy atom. The number of ether oxygens (including phenoxy) is 1. The van der Waals surface area contributed by atoms with E-state index in [9.17, 15) is 9.59 Å². The number of carbonyl (C=O) groups excluding carboxylic acids is 2. The lowest BCUT2D eigenvalue weighted by Crippen LogP contribution is -2.52. The molecule has 2 N–H and O–H groups in total. The Morgan fingerprint density at radius 1 is 1.47 bits per heavy atom. The highest BCUT2D eigenvalue weighted by molar-refractivity contribution is 5.98. The van der Waals surface area contributed by atoms with E-state index >= 15 is 0 Å². The van der Waals surface area contributed by atoms with Crippen molar-refractivity contribution in [1.29, 1.82) is 0 Å². The summed E-state index contributed by atoms with van der Waals surface area (Å²) >= 11 is 0. The maximum Gasteiger partial charge on any atom is 0.249 e. The number of para-hydroxylation sites is 1. The molecule has 1 aliphatic heterocycles. The average molecular weight is 234 g/mol. The molecule has 1 aromatic rings. The van der Waals surface area contributed by atoms with Crippen molar-refractivity contribution >= 4 is 17.5 Å². The van der Waals surface area contributed by atoms with Crippen LogP contribution in [0.2, 0.25) is 0 Å². The van der Waals surface area contributed by atoms with Crippen LogP contribution in [0.1, 0.15) is 5.56 Å². The Bertz CT molecular complexity index is 445. The van der Waals surface area contributed by atoms with Crippen LogP contribution in [0.4, 0.5) is 5.69 Å². The minimum absolute atomic E-state index is 0.0220. The number of morpholine rings is 1. The summed E-state index contributed by atoms with van der Waals surface area (Å²) in [5, 5.41) is 5.35. The summed E-state index contributed by atoms with van der Waals surface area (Å²) in [5.41, 5.74) is 1.72. The van der Waals surface area contributed by atoms with Gasteiger partial charge in [-0.15, -0.1) is 0 Å². The summed E-state index contributed by atoms with van der Waals surface area (Å²) < 4.78 is 5.01. The fourth-order valence-corrected chi connectivity index (χ4v) is 1.62. The van der Waals surface area contributed by atoms with Gasteiger partial charge in [0.25, 0.3) is 0 Å². The minimum atomic E-state index is -0.615. The Morgan fingerprint density at radius 2 is 2.24 bits per heavy atom. The van der Waals surface area contributed by atoms with Gasteiger partial charge in [0, 0.05) is 5.69 Å². The molecule has 5 heteroatoms. The Balaban J connectivity index is 2.02. The van der Waals surface area contributed by atoms with Crippen LogP contribution in [0.5, 0.6) is 0 Å². The summed E-state index contributed by atoms with van der Waals surface area (Å²) in [5.74, 6) is -0.520. The van der Waals surface area contributed by atoms with Crippen molar-refractivity contribution < 1.29 is 14.3 Å². The van der Waals surface area contributed by atoms with Crippen molar-refractivity contribution in [2.75, 3.05) is 18.5 Å². The third kappa shape index (κ3) is 2.82. The average Bonchev–Trinajstić information content (AvgIpc) is 2.32. The quantitative estimate of drug-likeness (QED) is 0.780. The molecular weight excluding hydrogens is 220 g/mol. The molecule has 0 bridgehead atoms. The zero-order valence-electron chi connectivity index (χ0n) is 9.53. The number of benzene rings is 1. The van der Waals surface area contributed by atoms with Crippen molar-refractivity contribution in [3.05, 3.63) is 29.8 Å². The van der Waals surface area contributed by atoms with Gasteiger partial charge >= 0.3 is 0 Å². The molecule has 0 spiro atoms. The van der Waals surface area contributed by atoms with Gasteiger partial charge in [-0.25, -0.2) is 0 Å². The lowest BCUT2D eigenvalue weighted by atomic mass is 10.2. The summed E-state index contributed by atoms with van der Waals surface area (Å²) in [7, 11) is 0. The van der Waals surface area contributed by atoms with E-state index in [1.807, 2.05) is 31.2 Å². The number of amides is 2. The third-order valence-electron chi connectivity index (χ3n) is 2.57. The topological polar surface area (TPSA) is 67.4 Å². The molecule has 1 heterocycles. The second-order valence-electron chi connectivity index (χ2n) is 3.94. The normalized spacial score (nSPS) is 19.6. The molecule has 0 saturated carbocycles. The van der Waals surface area contributed by atoms with E-state index in [0.717, 1.165) is 11.3 Å². The Hall–Kier alpha value is -1.88. The van der Waals surface area contributed by atoms with Gasteiger partial charge in [0.15, 0.2) is 0 Å². The Kier molecular flexibility index (Phi) is 3.39. The second kappa shape index (κ2) is 4.97. The van der Waals surface area contributed by atoms with Gasteiger partial charge < -0.3 is 15.4 Å². The molecule has 2 amide bonds. The fraction of sp³-hybridized carbons (Fsp3) is 0.333. The van der Waals surface area contributed by atoms with Gasteiger partial charge in [0.2, 0.25) is 11.8 Å². The van der Waals surface area contributed by atoms with Crippen LogP contribution in [0.3, 0.4) is 0 Å². The number of hydrogen-bond donors (Lipinski definition) is 2. The highest BCUT2D eigenvalue weighted by Crippen LogP contribution is 2.13. The van der Waals surface area contributed by atoms with Gasteiger partial charge in [0.05, 0.1) is 6.61 Å². The molecular formula is C12H14N2O3. The number of carbonyl (C=O) groups is 2. The van der Waals surface area contributed by atoms with Crippen molar-refractivity contribution in [3.63, 3.8) is 0 Å². The van der Waals surface area contributed by atoms with E-state index in [2.05, 4.69) is 10.6 Å². The van der Waals surface area contributed by atoms with Crippen LogP contribution < -0.4 is 10.6 Å². The lowest BCUT2D eigenvalue weighted by Gasteiger charge is -2.22. The molecule has 90 valence electrons. The minimum Gasteiger partial charge on any atom is -0.369 e. The van der Waals surface area contributed by atoms with E-state index in [1.165, 1.54) is 0 Å². The summed E-state index contributed by atoms with van der Waals surface area (Å²) in [6.45, 7) is 2.14. The summed E-state index contributed by atoms with van der Waals surface area (Å²) in [4.78, 5) is 22.9. The molecule has 5 nitrogen and oxygen atoms in total. The number of rotatable bonds is 2. The molecule has 1 aromatic carbocycles. The van der Waals surface area contributed by atoms with E-state index in [0.29, 0.717) is 0 Å². The molecule has 1 atom stereocenters. The zero-order valence-corrected chi connectivity index (χ0v) is 9.53. The lowest BCUT2D eigenvalue weighted by molar-refractivity contribution is -0.136. The molecule has 0 aromatic heterocycles. The van der Waals surface area contributed by atoms with E-state index in [4.69, 9.17) is 4.74 Å². The number of nitrogens with one attached hydrogen (secondary N) is 2. The predicted molar refractivity (Wildman–Crippen MR) is 62.6 cm³/mol. The van der Waals surface area contributed by atoms with E-state index in [-0.39, 0.29) is 25.0 Å². The first-order chi connectivity index (χ1) is 8.16. The van der Waals surface area contributed by atoms with Crippen molar-refractivity contribution in [1.82, 2.24) is 5.32 Å². The van der Waals surface area contributed by atoms with E-state index < -0.39 is 6.04 Å². The van der Waals surface area contributed by atoms with Crippen LogP contribution in [0, 0.1) is 6.92 Å². The van der Waals surface area contributed by atoms with Gasteiger partial charge in [-0.05, 0) is 18.6 Å². The second-order valence-corrected chi connectivity index (χ2v) is 3.94. The van der Waals surface area contributed by atoms with Crippen LogP contribution in [-0.4, -0.2) is 31.1 Å². The van der Waals surface area contributed by atoms with Gasteiger partial charge in [0.1, 0.15) is 12.6 Å². The maximum absolute atomic E-state index is 11.9. The van der Waals surface area contributed by atoms with Crippen molar-refractivity contribution in [3.8, 4) is 0 Å². The fourth-order valence-electron chi connectivity index (χ4n) is 1.62. The largest absolute Gasteiger partial charge is 0.369 e. The van der Waals surface area contributed by atoms with Crippen LogP contribution in [0.25, 0.3) is 0 Å². The molecule has 0 radical (unpaired) electrons. The van der Waals surface area contributed by atoms with E-state index in [1.54, 1.807) is 0 Å². The highest BCUT2D eigenvalue weighted by Gasteiger charge is 2.25. The highest BCUT2D eigenvalue weighted by atomic mass is 16.5. The third-order valence-corrected chi connectivity index (χ3v) is 2.57. The number of anilines is 1.